The van der Waals surface area contributed by atoms with Crippen molar-refractivity contribution in [1.82, 2.24) is 15.1 Å². The first-order chi connectivity index (χ1) is 17.7. The molecule has 0 unspecified atom stereocenters. The van der Waals surface area contributed by atoms with Gasteiger partial charge in [-0.15, -0.1) is 0 Å². The Labute approximate surface area is 225 Å². The molecule has 38 heavy (non-hydrogen) atoms. The minimum absolute atomic E-state index is 0.0390. The van der Waals surface area contributed by atoms with E-state index in [0.29, 0.717) is 32.4 Å². The van der Waals surface area contributed by atoms with Crippen molar-refractivity contribution in [2.24, 2.45) is 23.2 Å². The highest BCUT2D eigenvalue weighted by Gasteiger charge is 2.53. The van der Waals surface area contributed by atoms with Gasteiger partial charge in [0.15, 0.2) is 11.6 Å². The molecule has 2 aliphatic rings. The van der Waals surface area contributed by atoms with Gasteiger partial charge in [0.05, 0.1) is 18.7 Å². The van der Waals surface area contributed by atoms with Crippen LogP contribution in [0.2, 0.25) is 0 Å². The summed E-state index contributed by atoms with van der Waals surface area (Å²) in [6.07, 6.45) is 1.71. The molecule has 0 aromatic heterocycles. The summed E-state index contributed by atoms with van der Waals surface area (Å²) >= 11 is 0. The van der Waals surface area contributed by atoms with Crippen LogP contribution in [0.3, 0.4) is 0 Å². The molecule has 1 aromatic carbocycles. The molecule has 212 valence electrons. The van der Waals surface area contributed by atoms with E-state index in [-0.39, 0.29) is 59.9 Å². The molecule has 0 radical (unpaired) electrons. The number of ether oxygens (including phenoxy) is 1. The molecule has 0 aliphatic carbocycles. The first-order valence-corrected chi connectivity index (χ1v) is 13.7. The number of hydrogen-bond donors (Lipinski definition) is 1. The maximum Gasteiger partial charge on any atom is 0.246 e. The lowest BCUT2D eigenvalue weighted by atomic mass is 9.84. The van der Waals surface area contributed by atoms with Crippen LogP contribution in [0.4, 0.5) is 8.78 Å². The third-order valence-corrected chi connectivity index (χ3v) is 7.74. The van der Waals surface area contributed by atoms with E-state index in [1.807, 2.05) is 53.4 Å². The second-order valence-corrected chi connectivity index (χ2v) is 12.3. The zero-order valence-electron chi connectivity index (χ0n) is 23.7. The molecule has 9 heteroatoms. The van der Waals surface area contributed by atoms with E-state index in [1.54, 1.807) is 4.90 Å². The Morgan fingerprint density at radius 1 is 1.11 bits per heavy atom. The van der Waals surface area contributed by atoms with E-state index < -0.39 is 23.1 Å². The maximum absolute atomic E-state index is 14.0. The highest BCUT2D eigenvalue weighted by Crippen LogP contribution is 2.38. The molecule has 0 saturated carbocycles. The quantitative estimate of drug-likeness (QED) is 0.509. The molecule has 0 bridgehead atoms. The van der Waals surface area contributed by atoms with Crippen LogP contribution in [0.25, 0.3) is 0 Å². The molecular weight excluding hydrogens is 492 g/mol. The molecule has 1 aromatic rings. The highest BCUT2D eigenvalue weighted by atomic mass is 19.2. The third-order valence-electron chi connectivity index (χ3n) is 7.74. The van der Waals surface area contributed by atoms with Gasteiger partial charge in [-0.2, -0.15) is 0 Å². The van der Waals surface area contributed by atoms with Gasteiger partial charge in [-0.1, -0.05) is 48.5 Å². The van der Waals surface area contributed by atoms with Crippen molar-refractivity contribution in [3.05, 3.63) is 29.8 Å². The van der Waals surface area contributed by atoms with E-state index in [1.165, 1.54) is 6.07 Å². The largest absolute Gasteiger partial charge is 0.493 e. The number of hydrogen-bond acceptors (Lipinski definition) is 4. The van der Waals surface area contributed by atoms with Crippen molar-refractivity contribution in [2.75, 3.05) is 19.7 Å². The van der Waals surface area contributed by atoms with E-state index in [9.17, 15) is 23.2 Å². The van der Waals surface area contributed by atoms with Crippen LogP contribution < -0.4 is 10.1 Å². The Hall–Kier alpha value is -2.71. The van der Waals surface area contributed by atoms with E-state index in [0.717, 1.165) is 12.1 Å². The topological polar surface area (TPSA) is 79.0 Å². The third kappa shape index (κ3) is 6.64. The van der Waals surface area contributed by atoms with Crippen molar-refractivity contribution in [3.8, 4) is 5.75 Å². The summed E-state index contributed by atoms with van der Waals surface area (Å²) in [5, 5.41) is 2.99. The van der Waals surface area contributed by atoms with Crippen LogP contribution in [0.15, 0.2) is 18.2 Å². The Morgan fingerprint density at radius 3 is 2.37 bits per heavy atom. The zero-order chi connectivity index (χ0) is 28.4. The molecule has 7 nitrogen and oxygen atoms in total. The van der Waals surface area contributed by atoms with Gasteiger partial charge in [-0.05, 0) is 36.3 Å². The van der Waals surface area contributed by atoms with Crippen LogP contribution in [-0.2, 0) is 14.4 Å². The summed E-state index contributed by atoms with van der Waals surface area (Å²) < 4.78 is 33.0. The van der Waals surface area contributed by atoms with Gasteiger partial charge in [0.1, 0.15) is 11.8 Å². The van der Waals surface area contributed by atoms with Crippen molar-refractivity contribution in [2.45, 2.75) is 85.9 Å². The SMILES string of the molecule is CC[C@@H](C)C(=O)N[C@H](C(=O)N1CC[C@@H]2[C@H]1[C@@H](COc1ccc(F)c(F)c1)CN2C(=O)CC(C)C)C(C)(C)C. The Kier molecular flexibility index (Phi) is 9.42. The molecular formula is C29H43F2N3O4. The second-order valence-electron chi connectivity index (χ2n) is 12.3. The van der Waals surface area contributed by atoms with Gasteiger partial charge < -0.3 is 19.9 Å². The van der Waals surface area contributed by atoms with Gasteiger partial charge in [0.25, 0.3) is 0 Å². The van der Waals surface area contributed by atoms with E-state index >= 15 is 0 Å². The number of rotatable bonds is 9. The standard InChI is InChI=1S/C29H43F2N3O4/c1-8-18(4)27(36)32-26(29(5,6)7)28(37)33-12-11-23-25(33)19(15-34(23)24(35)13-17(2)3)16-38-20-9-10-21(30)22(31)14-20/h9-10,14,17-19,23,25-26H,8,11-13,15-16H2,1-7H3,(H,32,36)/t18-,19-,23-,25-,26-/m1/s1. The first-order valence-electron chi connectivity index (χ1n) is 13.7. The van der Waals surface area contributed by atoms with Crippen LogP contribution >= 0.6 is 0 Å². The smallest absolute Gasteiger partial charge is 0.246 e. The van der Waals surface area contributed by atoms with Gasteiger partial charge in [-0.3, -0.25) is 14.4 Å². The number of likely N-dealkylation sites (tertiary alicyclic amines) is 2. The van der Waals surface area contributed by atoms with Crippen molar-refractivity contribution in [1.29, 1.82) is 0 Å². The summed E-state index contributed by atoms with van der Waals surface area (Å²) in [6.45, 7) is 14.6. The Balaban J connectivity index is 1.87. The van der Waals surface area contributed by atoms with Crippen LogP contribution in [0.1, 0.15) is 67.7 Å². The fourth-order valence-electron chi connectivity index (χ4n) is 5.42. The number of nitrogens with zero attached hydrogens (tertiary/aromatic N) is 2. The summed E-state index contributed by atoms with van der Waals surface area (Å²) in [5.41, 5.74) is -0.526. The predicted octanol–water partition coefficient (Wildman–Crippen LogP) is 4.39. The Bertz CT molecular complexity index is 1030. The van der Waals surface area contributed by atoms with Gasteiger partial charge in [-0.25, -0.2) is 8.78 Å². The summed E-state index contributed by atoms with van der Waals surface area (Å²) in [7, 11) is 0. The van der Waals surface area contributed by atoms with Gasteiger partial charge in [0.2, 0.25) is 17.7 Å². The molecule has 2 saturated heterocycles. The lowest BCUT2D eigenvalue weighted by molar-refractivity contribution is -0.142. The second kappa shape index (κ2) is 12.0. The van der Waals surface area contributed by atoms with Crippen molar-refractivity contribution < 1.29 is 27.9 Å². The first kappa shape index (κ1) is 29.8. The molecule has 3 amide bonds. The van der Waals surface area contributed by atoms with Gasteiger partial charge in [0, 0.05) is 37.4 Å². The molecule has 5 atom stereocenters. The minimum atomic E-state index is -0.997. The molecule has 3 rings (SSSR count). The highest BCUT2D eigenvalue weighted by molar-refractivity contribution is 5.89. The maximum atomic E-state index is 14.0. The molecule has 1 N–H and O–H groups in total. The van der Waals surface area contributed by atoms with Crippen molar-refractivity contribution >= 4 is 17.7 Å². The average molecular weight is 536 g/mol. The summed E-state index contributed by atoms with van der Waals surface area (Å²) in [4.78, 5) is 43.6. The number of benzene rings is 1. The normalized spacial score (nSPS) is 22.8. The number of carbonyl (C=O) groups is 3. The molecule has 2 heterocycles. The van der Waals surface area contributed by atoms with E-state index in [2.05, 4.69) is 5.32 Å². The summed E-state index contributed by atoms with van der Waals surface area (Å²) in [5.74, 6) is -2.29. The predicted molar refractivity (Wildman–Crippen MR) is 141 cm³/mol. The fraction of sp³-hybridized carbons (Fsp3) is 0.690. The van der Waals surface area contributed by atoms with Crippen LogP contribution in [0, 0.1) is 34.8 Å². The van der Waals surface area contributed by atoms with Crippen LogP contribution in [0.5, 0.6) is 5.75 Å². The van der Waals surface area contributed by atoms with E-state index in [4.69, 9.17) is 4.74 Å². The number of nitrogens with one attached hydrogen (secondary N) is 1. The van der Waals surface area contributed by atoms with Crippen LogP contribution in [-0.4, -0.2) is 65.3 Å². The average Bonchev–Trinajstić information content (AvgIpc) is 3.42. The molecule has 2 aliphatic heterocycles. The number of carbonyl (C=O) groups excluding carboxylic acids is 3. The molecule has 2 fully saturated rings. The van der Waals surface area contributed by atoms with Gasteiger partial charge >= 0.3 is 0 Å². The lowest BCUT2D eigenvalue weighted by Crippen LogP contribution is -2.58. The molecule has 0 spiro atoms. The fourth-order valence-corrected chi connectivity index (χ4v) is 5.42. The lowest BCUT2D eigenvalue weighted by Gasteiger charge is -2.37. The summed E-state index contributed by atoms with van der Waals surface area (Å²) in [6, 6.07) is 2.20. The number of halogens is 2. The zero-order valence-corrected chi connectivity index (χ0v) is 23.7. The number of amides is 3. The monoisotopic (exact) mass is 535 g/mol. The Morgan fingerprint density at radius 2 is 1.79 bits per heavy atom. The minimum Gasteiger partial charge on any atom is -0.493 e. The number of fused-ring (bicyclic) bond motifs is 1. The van der Waals surface area contributed by atoms with Crippen molar-refractivity contribution in [3.63, 3.8) is 0 Å².